The number of azo groups is 4. The number of nitrogens with one attached hydrogen (secondary N) is 4. The number of non-ortho nitro benzene ring substituents is 4. The van der Waals surface area contributed by atoms with Crippen molar-refractivity contribution in [2.45, 2.75) is 60.8 Å². The first-order valence-corrected chi connectivity index (χ1v) is 40.1. The van der Waals surface area contributed by atoms with Gasteiger partial charge in [0.25, 0.3) is 22.7 Å². The lowest BCUT2D eigenvalue weighted by Crippen LogP contribution is -2.31. The number of benzene rings is 8. The number of hydrogen-bond donors (Lipinski definition) is 8. The Hall–Kier alpha value is -16.2. The Morgan fingerprint density at radius 3 is 0.729 bits per heavy atom. The number of rotatable bonds is 45. The van der Waals surface area contributed by atoms with Crippen molar-refractivity contribution in [2.75, 3.05) is 176 Å². The van der Waals surface area contributed by atoms with Gasteiger partial charge < -0.3 is 99.2 Å². The molecule has 0 fully saturated rings. The number of phenols is 4. The highest BCUT2D eigenvalue weighted by atomic mass is 16.6. The lowest BCUT2D eigenvalue weighted by Gasteiger charge is -2.25. The van der Waals surface area contributed by atoms with Crippen LogP contribution < -0.4 is 40.9 Å². The highest BCUT2D eigenvalue weighted by Gasteiger charge is 2.22. The molecule has 0 aromatic heterocycles. The Morgan fingerprint density at radius 2 is 0.526 bits per heavy atom. The summed E-state index contributed by atoms with van der Waals surface area (Å²) in [6.07, 6.45) is 0.414. The molecule has 710 valence electrons. The molecule has 8 aromatic rings. The summed E-state index contributed by atoms with van der Waals surface area (Å²) in [5.41, 5.74) is 4.49. The molecule has 48 heteroatoms. The predicted molar refractivity (Wildman–Crippen MR) is 486 cm³/mol. The Kier molecular flexibility index (Phi) is 45.3. The van der Waals surface area contributed by atoms with Gasteiger partial charge in [0.05, 0.1) is 133 Å². The van der Waals surface area contributed by atoms with Crippen LogP contribution in [0, 0.1) is 40.5 Å². The molecular weight excluding hydrogens is 1750 g/mol. The third kappa shape index (κ3) is 37.5. The second-order valence-corrected chi connectivity index (χ2v) is 27.5. The van der Waals surface area contributed by atoms with Crippen molar-refractivity contribution in [2.24, 2.45) is 40.9 Å². The Labute approximate surface area is 760 Å². The fourth-order valence-electron chi connectivity index (χ4n) is 11.3. The summed E-state index contributed by atoms with van der Waals surface area (Å²) < 4.78 is 40.2. The number of carbonyl (C=O) groups is 8. The number of nitro benzene ring substituents is 4. The molecule has 0 unspecified atom stereocenters. The average Bonchev–Trinajstić information content (AvgIpc) is 0.835. The maximum Gasteiger partial charge on any atom is 0.307 e. The van der Waals surface area contributed by atoms with Crippen molar-refractivity contribution in [1.82, 2.24) is 0 Å². The van der Waals surface area contributed by atoms with Gasteiger partial charge in [-0.15, -0.1) is 40.9 Å². The van der Waals surface area contributed by atoms with E-state index in [1.54, 1.807) is 107 Å². The van der Waals surface area contributed by atoms with Crippen LogP contribution >= 0.6 is 0 Å². The molecule has 48 nitrogen and oxygen atoms in total. The van der Waals surface area contributed by atoms with E-state index in [0.717, 1.165) is 41.3 Å². The first-order valence-electron chi connectivity index (χ1n) is 40.1. The SMILES string of the molecule is CCC(=O)OCCN(CCOC)c1ccc(N=Nc2ccc([N+](=O)[O-])cc2O)c(NC(C)=O)c1.COC(=O)CCN(CCC(=O)OC)c1ccc(N=Nc2ccc([N+](=O)[O-])cc2O)c(NC(C)=O)c1.COCCN(CCOC(C)=O)c1ccc(N=Nc2ccc([N+](=O)[O-])cc2O)c(NC(C)=O)c1.COCCN(CCOC)c1ccc(N=Nc2ccc([N+](=O)[O-])cc2O)c(NC(C)=O)c1. The highest BCUT2D eigenvalue weighted by Crippen LogP contribution is 2.41. The van der Waals surface area contributed by atoms with Crippen molar-refractivity contribution in [3.63, 3.8) is 0 Å². The summed E-state index contributed by atoms with van der Waals surface area (Å²) in [5.74, 6) is -4.46. The van der Waals surface area contributed by atoms with E-state index >= 15 is 0 Å². The number of phenolic OH excluding ortho intramolecular Hbond substituents is 4. The van der Waals surface area contributed by atoms with E-state index in [2.05, 4.69) is 71.7 Å². The molecule has 0 aliphatic heterocycles. The maximum absolute atomic E-state index is 11.8. The van der Waals surface area contributed by atoms with Crippen LogP contribution in [0.2, 0.25) is 0 Å². The summed E-state index contributed by atoms with van der Waals surface area (Å²) in [7, 11) is 8.94. The first-order chi connectivity index (χ1) is 63.4. The minimum Gasteiger partial charge on any atom is -0.505 e. The third-order valence-corrected chi connectivity index (χ3v) is 17.8. The van der Waals surface area contributed by atoms with E-state index in [0.29, 0.717) is 106 Å². The molecule has 0 saturated heterocycles. The normalized spacial score (nSPS) is 10.8. The fraction of sp³-hybridized carbons (Fsp3) is 0.341. The lowest BCUT2D eigenvalue weighted by atomic mass is 10.2. The molecule has 8 N–H and O–H groups in total. The Morgan fingerprint density at radius 1 is 0.308 bits per heavy atom. The Bertz CT molecular complexity index is 5480. The number of methoxy groups -OCH3 is 6. The Balaban J connectivity index is 0.000000314. The van der Waals surface area contributed by atoms with Crippen LogP contribution in [0.3, 0.4) is 0 Å². The summed E-state index contributed by atoms with van der Waals surface area (Å²) >= 11 is 0. The molecule has 0 bridgehead atoms. The predicted octanol–water partition coefficient (Wildman–Crippen LogP) is 15.2. The zero-order valence-electron chi connectivity index (χ0n) is 74.6. The summed E-state index contributed by atoms with van der Waals surface area (Å²) in [6, 6.07) is 34.0. The van der Waals surface area contributed by atoms with Gasteiger partial charge in [-0.2, -0.15) is 0 Å². The summed E-state index contributed by atoms with van der Waals surface area (Å²) in [6.45, 7) is 14.2. The van der Waals surface area contributed by atoms with Gasteiger partial charge in [-0.25, -0.2) is 0 Å². The number of anilines is 8. The second-order valence-electron chi connectivity index (χ2n) is 27.5. The van der Waals surface area contributed by atoms with Crippen molar-refractivity contribution < 1.29 is 116 Å². The van der Waals surface area contributed by atoms with E-state index < -0.39 is 48.9 Å². The van der Waals surface area contributed by atoms with Crippen LogP contribution in [-0.2, 0) is 76.3 Å². The molecule has 0 saturated carbocycles. The summed E-state index contributed by atoms with van der Waals surface area (Å²) in [4.78, 5) is 141. The van der Waals surface area contributed by atoms with Crippen LogP contribution in [0.15, 0.2) is 187 Å². The second kappa shape index (κ2) is 56.2. The highest BCUT2D eigenvalue weighted by molar-refractivity contribution is 5.96. The molecule has 8 aromatic carbocycles. The van der Waals surface area contributed by atoms with Gasteiger partial charge in [0.1, 0.15) is 81.7 Å². The number of nitro groups is 4. The van der Waals surface area contributed by atoms with Crippen molar-refractivity contribution in [3.05, 3.63) is 186 Å². The summed E-state index contributed by atoms with van der Waals surface area (Å²) in [5, 5.41) is 126. The number of amides is 4. The molecule has 0 spiro atoms. The fourth-order valence-corrected chi connectivity index (χ4v) is 11.3. The average molecular weight is 1850 g/mol. The molecule has 0 atom stereocenters. The monoisotopic (exact) mass is 1850 g/mol. The van der Waals surface area contributed by atoms with Gasteiger partial charge in [0.15, 0.2) is 0 Å². The zero-order valence-corrected chi connectivity index (χ0v) is 74.6. The van der Waals surface area contributed by atoms with Gasteiger partial charge in [0.2, 0.25) is 23.6 Å². The molecule has 133 heavy (non-hydrogen) atoms. The molecule has 0 aliphatic carbocycles. The minimum atomic E-state index is -0.652. The van der Waals surface area contributed by atoms with Crippen molar-refractivity contribution in [3.8, 4) is 23.0 Å². The van der Waals surface area contributed by atoms with Gasteiger partial charge in [-0.3, -0.25) is 78.8 Å². The van der Waals surface area contributed by atoms with E-state index in [-0.39, 0.29) is 144 Å². The molecule has 0 radical (unpaired) electrons. The number of esters is 4. The molecular formula is C85H102N20O28. The smallest absolute Gasteiger partial charge is 0.307 e. The van der Waals surface area contributed by atoms with E-state index in [1.807, 2.05) is 20.8 Å². The number of aromatic hydroxyl groups is 4. The van der Waals surface area contributed by atoms with Crippen molar-refractivity contribution >= 4 is 161 Å². The first kappa shape index (κ1) is 107. The number of ether oxygens (including phenoxy) is 8. The van der Waals surface area contributed by atoms with Crippen LogP contribution in [0.1, 0.15) is 60.8 Å². The van der Waals surface area contributed by atoms with Crippen LogP contribution in [-0.4, -0.2) is 222 Å². The van der Waals surface area contributed by atoms with Gasteiger partial charge >= 0.3 is 23.9 Å². The van der Waals surface area contributed by atoms with Gasteiger partial charge in [0, 0.05) is 156 Å². The maximum atomic E-state index is 11.8. The molecule has 4 amide bonds. The number of hydrogen-bond acceptors (Lipinski definition) is 40. The third-order valence-electron chi connectivity index (χ3n) is 17.8. The van der Waals surface area contributed by atoms with E-state index in [4.69, 9.17) is 28.4 Å². The van der Waals surface area contributed by atoms with Crippen LogP contribution in [0.5, 0.6) is 23.0 Å². The van der Waals surface area contributed by atoms with Crippen LogP contribution in [0.25, 0.3) is 0 Å². The number of nitrogens with zero attached hydrogens (tertiary/aromatic N) is 16. The lowest BCUT2D eigenvalue weighted by molar-refractivity contribution is -0.385. The molecule has 0 heterocycles. The minimum absolute atomic E-state index is 0.00812. The quantitative estimate of drug-likeness (QED) is 0.00578. The van der Waals surface area contributed by atoms with E-state index in [1.165, 1.54) is 97.4 Å². The molecule has 8 rings (SSSR count). The van der Waals surface area contributed by atoms with Gasteiger partial charge in [-0.1, -0.05) is 6.92 Å². The largest absolute Gasteiger partial charge is 0.505 e. The van der Waals surface area contributed by atoms with Crippen molar-refractivity contribution in [1.29, 1.82) is 0 Å². The van der Waals surface area contributed by atoms with Gasteiger partial charge in [-0.05, 0) is 97.1 Å². The number of carbonyl (C=O) groups excluding carboxylic acids is 8. The molecule has 0 aliphatic rings. The standard InChI is InChI=1S/C22H25N5O8.C22H27N5O7.C21H25N5O7.C20H25N5O6/c1-14(28)23-19-12-15(26(10-8-21(30)34-2)11-9-22(31)35-3)4-6-17(19)24-25-18-7-5-16(27(32)33)13-20(18)29;1-4-22(30)34-12-10-26(9-11-33-3)16-5-7-18(20(13-16)23-15(2)28)24-25-19-8-6-17(27(31)32)14-21(19)29;1-14(27)22-20-12-16(25(8-10-32-3)9-11-33-15(2)28)4-6-18(20)23-24-19-7-5-17(26(30)31)13-21(19)29;1-14(26)21-19-12-15(24(8-10-30-2)9-11-31-3)4-6-17(19)22-23-18-7-5-16(25(28)29)13-20(18)27/h4-7,12-13,29H,8-11H2,1-3H3,(H,23,28);5-8,13-14,29H,4,9-12H2,1-3H3,(H,23,28);4-7,12-13,29H,8-11H2,1-3H3,(H,22,27);4-7,12-13,27H,8-11H2,1-3H3,(H,21,26). The topological polar surface area (TPSA) is 624 Å². The van der Waals surface area contributed by atoms with Crippen LogP contribution in [0.4, 0.5) is 114 Å². The van der Waals surface area contributed by atoms with E-state index in [9.17, 15) is 99.2 Å². The zero-order chi connectivity index (χ0) is 98.2.